The second kappa shape index (κ2) is 11.0. The summed E-state index contributed by atoms with van der Waals surface area (Å²) in [6, 6.07) is 42.0. The molecule has 0 aliphatic carbocycles. The monoisotopic (exact) mass is 471 g/mol. The fourth-order valence-electron chi connectivity index (χ4n) is 4.16. The van der Waals surface area contributed by atoms with Crippen LogP contribution in [0.15, 0.2) is 139 Å². The third-order valence-corrected chi connectivity index (χ3v) is 8.31. The van der Waals surface area contributed by atoms with E-state index in [4.69, 9.17) is 4.99 Å². The first kappa shape index (κ1) is 22.8. The minimum absolute atomic E-state index is 0.0809. The molecule has 0 unspecified atom stereocenters. The second-order valence-electron chi connectivity index (χ2n) is 8.15. The molecular formula is C31H26N3P. The molecule has 3 aromatic carbocycles. The summed E-state index contributed by atoms with van der Waals surface area (Å²) in [4.78, 5) is 14.4. The number of hydrogen-bond acceptors (Lipinski definition) is 3. The third-order valence-electron chi connectivity index (χ3n) is 5.79. The van der Waals surface area contributed by atoms with E-state index in [0.29, 0.717) is 0 Å². The van der Waals surface area contributed by atoms with E-state index in [1.807, 2.05) is 36.4 Å². The first-order chi connectivity index (χ1) is 17.3. The first-order valence-electron chi connectivity index (χ1n) is 11.7. The number of aromatic nitrogens is 2. The quantitative estimate of drug-likeness (QED) is 0.221. The Kier molecular flexibility index (Phi) is 7.17. The normalized spacial score (nSPS) is 11.7. The van der Waals surface area contributed by atoms with Crippen LogP contribution in [-0.2, 0) is 0 Å². The van der Waals surface area contributed by atoms with Gasteiger partial charge < -0.3 is 0 Å². The van der Waals surface area contributed by atoms with Gasteiger partial charge in [0.2, 0.25) is 0 Å². The highest BCUT2D eigenvalue weighted by molar-refractivity contribution is 7.79. The molecule has 0 saturated carbocycles. The minimum Gasteiger partial charge on any atom is -0.273 e. The number of aliphatic imine (C=N–C) groups is 1. The number of rotatable bonds is 7. The van der Waals surface area contributed by atoms with Crippen molar-refractivity contribution in [3.05, 3.63) is 151 Å². The molecule has 0 N–H and O–H groups in total. The van der Waals surface area contributed by atoms with Crippen molar-refractivity contribution in [3.63, 3.8) is 0 Å². The molecule has 0 aliphatic rings. The van der Waals surface area contributed by atoms with Gasteiger partial charge in [-0.15, -0.1) is 0 Å². The van der Waals surface area contributed by atoms with Gasteiger partial charge in [-0.3, -0.25) is 15.0 Å². The molecule has 3 nitrogen and oxygen atoms in total. The number of hydrogen-bond donors (Lipinski definition) is 0. The Bertz CT molecular complexity index is 1310. The zero-order valence-electron chi connectivity index (χ0n) is 19.6. The minimum atomic E-state index is -0.733. The molecule has 4 heteroatoms. The van der Waals surface area contributed by atoms with Crippen LogP contribution in [0.2, 0.25) is 0 Å². The van der Waals surface area contributed by atoms with Crippen molar-refractivity contribution in [2.24, 2.45) is 4.99 Å². The van der Waals surface area contributed by atoms with Gasteiger partial charge in [0, 0.05) is 12.4 Å². The lowest BCUT2D eigenvalue weighted by molar-refractivity contribution is 0.825. The molecule has 5 aromatic rings. The Morgan fingerprint density at radius 3 is 1.60 bits per heavy atom. The molecule has 0 bridgehead atoms. The summed E-state index contributed by atoms with van der Waals surface area (Å²) in [5.74, 6) is 0. The van der Waals surface area contributed by atoms with Crippen molar-refractivity contribution in [3.8, 4) is 0 Å². The lowest BCUT2D eigenvalue weighted by Crippen LogP contribution is -2.24. The van der Waals surface area contributed by atoms with Crippen LogP contribution >= 0.6 is 7.92 Å². The van der Waals surface area contributed by atoms with Gasteiger partial charge in [-0.25, -0.2) is 0 Å². The molecule has 170 valence electrons. The fourth-order valence-corrected chi connectivity index (χ4v) is 6.71. The summed E-state index contributed by atoms with van der Waals surface area (Å²) in [7, 11) is -0.733. The Labute approximate surface area is 208 Å². The molecule has 0 radical (unpaired) electrons. The molecule has 2 heterocycles. The van der Waals surface area contributed by atoms with Crippen LogP contribution < -0.4 is 15.9 Å². The van der Waals surface area contributed by atoms with Gasteiger partial charge in [0.15, 0.2) is 0 Å². The van der Waals surface area contributed by atoms with Crippen LogP contribution in [0, 0.1) is 0 Å². The van der Waals surface area contributed by atoms with Crippen molar-refractivity contribution in [1.82, 2.24) is 9.97 Å². The molecule has 1 atom stereocenters. The smallest absolute Gasteiger partial charge is 0.109 e. The molecular weight excluding hydrogens is 445 g/mol. The summed E-state index contributed by atoms with van der Waals surface area (Å²) in [6.45, 7) is 2.16. The van der Waals surface area contributed by atoms with E-state index in [-0.39, 0.29) is 6.04 Å². The number of pyridine rings is 2. The predicted octanol–water partition coefficient (Wildman–Crippen LogP) is 5.83. The zero-order valence-corrected chi connectivity index (χ0v) is 20.5. The average molecular weight is 472 g/mol. The van der Waals surface area contributed by atoms with Crippen molar-refractivity contribution in [2.75, 3.05) is 0 Å². The van der Waals surface area contributed by atoms with Crippen LogP contribution in [0.5, 0.6) is 0 Å². The maximum Gasteiger partial charge on any atom is 0.109 e. The highest BCUT2D eigenvalue weighted by atomic mass is 31.1. The number of nitrogens with zero attached hydrogens (tertiary/aromatic N) is 3. The van der Waals surface area contributed by atoms with Crippen molar-refractivity contribution >= 4 is 29.5 Å². The third kappa shape index (κ3) is 5.26. The summed E-state index contributed by atoms with van der Waals surface area (Å²) in [5.41, 5.74) is 3.67. The van der Waals surface area contributed by atoms with Crippen molar-refractivity contribution < 1.29 is 0 Å². The van der Waals surface area contributed by atoms with Gasteiger partial charge in [0.1, 0.15) is 5.71 Å². The standard InChI is InChI=1S/C31H26N3P/c1-24(34-31(28-19-10-12-22-32-28)29-20-11-13-23-33-29)27-18-8-9-21-30(27)35(25-14-4-2-5-15-25)26-16-6-3-7-17-26/h2-24H,1H3/t24-/m1/s1. The molecule has 2 aromatic heterocycles. The Morgan fingerprint density at radius 2 is 1.09 bits per heavy atom. The maximum absolute atomic E-state index is 5.22. The van der Waals surface area contributed by atoms with Gasteiger partial charge >= 0.3 is 0 Å². The molecule has 0 saturated heterocycles. The Balaban J connectivity index is 1.64. The maximum atomic E-state index is 5.22. The van der Waals surface area contributed by atoms with Gasteiger partial charge in [0.05, 0.1) is 17.4 Å². The lowest BCUT2D eigenvalue weighted by atomic mass is 10.1. The Hall–Kier alpha value is -3.94. The van der Waals surface area contributed by atoms with Gasteiger partial charge in [-0.05, 0) is 60.6 Å². The first-order valence-corrected chi connectivity index (χ1v) is 13.0. The van der Waals surface area contributed by atoms with E-state index in [1.165, 1.54) is 21.5 Å². The topological polar surface area (TPSA) is 38.1 Å². The van der Waals surface area contributed by atoms with Gasteiger partial charge in [-0.2, -0.15) is 0 Å². The molecule has 0 spiro atoms. The van der Waals surface area contributed by atoms with Crippen LogP contribution in [0.25, 0.3) is 0 Å². The number of benzene rings is 3. The van der Waals surface area contributed by atoms with E-state index < -0.39 is 7.92 Å². The summed E-state index contributed by atoms with van der Waals surface area (Å²) >= 11 is 0. The van der Waals surface area contributed by atoms with Crippen LogP contribution in [0.3, 0.4) is 0 Å². The van der Waals surface area contributed by atoms with E-state index in [1.54, 1.807) is 12.4 Å². The van der Waals surface area contributed by atoms with Crippen LogP contribution in [0.1, 0.15) is 29.9 Å². The van der Waals surface area contributed by atoms with E-state index >= 15 is 0 Å². The highest BCUT2D eigenvalue weighted by Crippen LogP contribution is 2.36. The zero-order chi connectivity index (χ0) is 23.9. The summed E-state index contributed by atoms with van der Waals surface area (Å²) in [5, 5.41) is 3.97. The van der Waals surface area contributed by atoms with Crippen molar-refractivity contribution in [2.45, 2.75) is 13.0 Å². The van der Waals surface area contributed by atoms with Crippen LogP contribution in [0.4, 0.5) is 0 Å². The predicted molar refractivity (Wildman–Crippen MR) is 148 cm³/mol. The van der Waals surface area contributed by atoms with Gasteiger partial charge in [-0.1, -0.05) is 97.1 Å². The molecule has 0 aliphatic heterocycles. The molecule has 35 heavy (non-hydrogen) atoms. The molecule has 5 rings (SSSR count). The Morgan fingerprint density at radius 1 is 0.600 bits per heavy atom. The lowest BCUT2D eigenvalue weighted by Gasteiger charge is -2.24. The van der Waals surface area contributed by atoms with E-state index in [9.17, 15) is 0 Å². The summed E-state index contributed by atoms with van der Waals surface area (Å²) < 4.78 is 0. The molecule has 0 amide bonds. The van der Waals surface area contributed by atoms with E-state index in [2.05, 4.69) is 102 Å². The fraction of sp³-hybridized carbons (Fsp3) is 0.0645. The average Bonchev–Trinajstić information content (AvgIpc) is 2.94. The van der Waals surface area contributed by atoms with Gasteiger partial charge in [0.25, 0.3) is 0 Å². The second-order valence-corrected chi connectivity index (χ2v) is 10.3. The highest BCUT2D eigenvalue weighted by Gasteiger charge is 2.22. The van der Waals surface area contributed by atoms with Crippen molar-refractivity contribution in [1.29, 1.82) is 0 Å². The SMILES string of the molecule is C[C@@H](N=C(c1ccccn1)c1ccccn1)c1ccccc1P(c1ccccc1)c1ccccc1. The van der Waals surface area contributed by atoms with Crippen LogP contribution in [-0.4, -0.2) is 15.7 Å². The molecule has 0 fully saturated rings. The van der Waals surface area contributed by atoms with E-state index in [0.717, 1.165) is 17.1 Å². The summed E-state index contributed by atoms with van der Waals surface area (Å²) in [6.07, 6.45) is 3.60. The largest absolute Gasteiger partial charge is 0.273 e.